The molecule has 56 heavy (non-hydrogen) atoms. The molecule has 0 spiro atoms. The molecule has 0 amide bonds. The van der Waals surface area contributed by atoms with Gasteiger partial charge >= 0.3 is 0 Å². The number of fused-ring (bicyclic) bond motifs is 7. The van der Waals surface area contributed by atoms with Crippen LogP contribution in [0.15, 0.2) is 192 Å². The SMILES string of the molecule is C1=CC2C(c3ccccc3N2c2ccc(-c3cccc(-c4ccccc4)c3)cc2)c2c1oc1cccc(-c3nc(-c4ccccc4)nc(-c4ccccc4)n3)c21. The Morgan fingerprint density at radius 2 is 1.02 bits per heavy atom. The molecule has 1 aliphatic heterocycles. The number of hydrogen-bond donors (Lipinski definition) is 0. The number of anilines is 2. The van der Waals surface area contributed by atoms with E-state index in [0.717, 1.165) is 44.7 Å². The fourth-order valence-electron chi connectivity index (χ4n) is 8.55. The van der Waals surface area contributed by atoms with Crippen molar-refractivity contribution >= 4 is 28.4 Å². The van der Waals surface area contributed by atoms with Crippen LogP contribution in [0.2, 0.25) is 0 Å². The van der Waals surface area contributed by atoms with Crippen LogP contribution in [0.4, 0.5) is 11.4 Å². The van der Waals surface area contributed by atoms with E-state index in [-0.39, 0.29) is 12.0 Å². The monoisotopic (exact) mass is 718 g/mol. The van der Waals surface area contributed by atoms with Gasteiger partial charge in [0.15, 0.2) is 17.5 Å². The van der Waals surface area contributed by atoms with Crippen molar-refractivity contribution in [3.63, 3.8) is 0 Å². The Bertz CT molecular complexity index is 2860. The highest BCUT2D eigenvalue weighted by molar-refractivity contribution is 5.99. The van der Waals surface area contributed by atoms with Crippen molar-refractivity contribution in [3.05, 3.63) is 205 Å². The van der Waals surface area contributed by atoms with Gasteiger partial charge in [0, 0.05) is 44.9 Å². The second-order valence-corrected chi connectivity index (χ2v) is 14.3. The Morgan fingerprint density at radius 1 is 0.464 bits per heavy atom. The second kappa shape index (κ2) is 13.2. The van der Waals surface area contributed by atoms with Crippen molar-refractivity contribution in [2.75, 3.05) is 4.90 Å². The zero-order chi connectivity index (χ0) is 37.0. The summed E-state index contributed by atoms with van der Waals surface area (Å²) in [5.41, 5.74) is 13.2. The number of para-hydroxylation sites is 1. The number of hydrogen-bond acceptors (Lipinski definition) is 5. The summed E-state index contributed by atoms with van der Waals surface area (Å²) in [5.74, 6) is 2.79. The first kappa shape index (κ1) is 32.1. The van der Waals surface area contributed by atoms with Gasteiger partial charge in [0.2, 0.25) is 0 Å². The van der Waals surface area contributed by atoms with E-state index >= 15 is 0 Å². The van der Waals surface area contributed by atoms with Gasteiger partial charge < -0.3 is 9.32 Å². The average Bonchev–Trinajstić information content (AvgIpc) is 3.83. The minimum Gasteiger partial charge on any atom is -0.456 e. The van der Waals surface area contributed by atoms with Crippen LogP contribution < -0.4 is 4.90 Å². The van der Waals surface area contributed by atoms with Crippen LogP contribution in [0, 0.1) is 0 Å². The van der Waals surface area contributed by atoms with Crippen LogP contribution in [-0.4, -0.2) is 21.0 Å². The third kappa shape index (κ3) is 5.36. The summed E-state index contributed by atoms with van der Waals surface area (Å²) in [5, 5.41) is 1.04. The number of aromatic nitrogens is 3. The highest BCUT2D eigenvalue weighted by Crippen LogP contribution is 2.54. The minimum atomic E-state index is 0.0276. The average molecular weight is 719 g/mol. The van der Waals surface area contributed by atoms with Crippen molar-refractivity contribution in [1.29, 1.82) is 0 Å². The fourth-order valence-corrected chi connectivity index (χ4v) is 8.55. The summed E-state index contributed by atoms with van der Waals surface area (Å²) in [6.45, 7) is 0. The summed E-state index contributed by atoms with van der Waals surface area (Å²) >= 11 is 0. The molecule has 0 bridgehead atoms. The molecule has 9 aromatic rings. The van der Waals surface area contributed by atoms with E-state index in [1.165, 1.54) is 33.5 Å². The quantitative estimate of drug-likeness (QED) is 0.171. The minimum absolute atomic E-state index is 0.0276. The maximum Gasteiger partial charge on any atom is 0.164 e. The normalized spacial score (nSPS) is 15.4. The highest BCUT2D eigenvalue weighted by atomic mass is 16.3. The van der Waals surface area contributed by atoms with Gasteiger partial charge in [0.25, 0.3) is 0 Å². The Kier molecular flexibility index (Phi) is 7.56. The number of benzene rings is 7. The molecule has 5 nitrogen and oxygen atoms in total. The van der Waals surface area contributed by atoms with Gasteiger partial charge in [0.1, 0.15) is 11.3 Å². The maximum absolute atomic E-state index is 6.68. The van der Waals surface area contributed by atoms with Crippen molar-refractivity contribution in [3.8, 4) is 56.4 Å². The van der Waals surface area contributed by atoms with Gasteiger partial charge in [0.05, 0.1) is 6.04 Å². The van der Waals surface area contributed by atoms with Gasteiger partial charge in [-0.15, -0.1) is 0 Å². The molecule has 0 saturated carbocycles. The first-order valence-corrected chi connectivity index (χ1v) is 19.0. The van der Waals surface area contributed by atoms with E-state index in [1.807, 2.05) is 66.7 Å². The number of rotatable bonds is 6. The van der Waals surface area contributed by atoms with Crippen LogP contribution in [0.1, 0.15) is 22.8 Å². The molecule has 1 aliphatic carbocycles. The lowest BCUT2D eigenvalue weighted by molar-refractivity contribution is 0.584. The van der Waals surface area contributed by atoms with E-state index in [0.29, 0.717) is 17.5 Å². The third-order valence-corrected chi connectivity index (χ3v) is 11.1. The van der Waals surface area contributed by atoms with Crippen LogP contribution in [0.3, 0.4) is 0 Å². The van der Waals surface area contributed by atoms with Crippen LogP contribution in [-0.2, 0) is 0 Å². The Balaban J connectivity index is 1.02. The molecule has 5 heteroatoms. The molecular formula is C51H34N4O. The van der Waals surface area contributed by atoms with Crippen molar-refractivity contribution in [2.45, 2.75) is 12.0 Å². The Labute approximate surface area is 324 Å². The molecule has 264 valence electrons. The van der Waals surface area contributed by atoms with Gasteiger partial charge in [-0.25, -0.2) is 15.0 Å². The molecule has 2 unspecified atom stereocenters. The smallest absolute Gasteiger partial charge is 0.164 e. The lowest BCUT2D eigenvalue weighted by Crippen LogP contribution is -2.30. The summed E-state index contributed by atoms with van der Waals surface area (Å²) in [4.78, 5) is 17.7. The Hall–Kier alpha value is -7.37. The summed E-state index contributed by atoms with van der Waals surface area (Å²) < 4.78 is 6.68. The van der Waals surface area contributed by atoms with E-state index in [9.17, 15) is 0 Å². The second-order valence-electron chi connectivity index (χ2n) is 14.3. The fraction of sp³-hybridized carbons (Fsp3) is 0.0392. The Morgan fingerprint density at radius 3 is 1.70 bits per heavy atom. The predicted octanol–water partition coefficient (Wildman–Crippen LogP) is 12.6. The van der Waals surface area contributed by atoms with Crippen molar-refractivity contribution in [2.24, 2.45) is 0 Å². The first-order chi connectivity index (χ1) is 27.8. The molecule has 3 heterocycles. The van der Waals surface area contributed by atoms with Crippen molar-refractivity contribution < 1.29 is 4.42 Å². The zero-order valence-electron chi connectivity index (χ0n) is 30.3. The van der Waals surface area contributed by atoms with E-state index in [2.05, 4.69) is 132 Å². The summed E-state index contributed by atoms with van der Waals surface area (Å²) in [6.07, 6.45) is 4.46. The number of nitrogens with zero attached hydrogens (tertiary/aromatic N) is 4. The van der Waals surface area contributed by atoms with Gasteiger partial charge in [-0.1, -0.05) is 158 Å². The summed E-state index contributed by atoms with van der Waals surface area (Å²) in [7, 11) is 0. The molecule has 0 radical (unpaired) electrons. The van der Waals surface area contributed by atoms with Crippen LogP contribution in [0.25, 0.3) is 73.5 Å². The standard InChI is InChI=1S/C51H34N4O/c1-4-14-33(15-5-1)37-20-12-21-38(32-37)34-26-28-39(29-27-34)55-42-24-11-10-22-40(42)46-43(55)30-31-45-48(46)47-41(23-13-25-44(47)56-45)51-53-49(35-16-6-2-7-17-35)52-50(54-51)36-18-8-3-9-19-36/h1-32,43,46H. The maximum atomic E-state index is 6.68. The van der Waals surface area contributed by atoms with Crippen LogP contribution in [0.5, 0.6) is 0 Å². The first-order valence-electron chi connectivity index (χ1n) is 19.0. The molecule has 0 saturated heterocycles. The highest BCUT2D eigenvalue weighted by Gasteiger charge is 2.43. The summed E-state index contributed by atoms with van der Waals surface area (Å²) in [6, 6.07) is 63.6. The van der Waals surface area contributed by atoms with Gasteiger partial charge in [-0.05, 0) is 64.2 Å². The van der Waals surface area contributed by atoms with Crippen molar-refractivity contribution in [1.82, 2.24) is 15.0 Å². The third-order valence-electron chi connectivity index (χ3n) is 11.1. The molecular weight excluding hydrogens is 685 g/mol. The topological polar surface area (TPSA) is 55.1 Å². The predicted molar refractivity (Wildman–Crippen MR) is 226 cm³/mol. The largest absolute Gasteiger partial charge is 0.456 e. The zero-order valence-corrected chi connectivity index (χ0v) is 30.3. The molecule has 11 rings (SSSR count). The van der Waals surface area contributed by atoms with E-state index in [4.69, 9.17) is 19.4 Å². The lowest BCUT2D eigenvalue weighted by atomic mass is 9.81. The molecule has 0 N–H and O–H groups in total. The number of furan rings is 1. The molecule has 2 aliphatic rings. The molecule has 2 aromatic heterocycles. The van der Waals surface area contributed by atoms with E-state index < -0.39 is 0 Å². The molecule has 7 aromatic carbocycles. The van der Waals surface area contributed by atoms with E-state index in [1.54, 1.807) is 0 Å². The van der Waals surface area contributed by atoms with Gasteiger partial charge in [-0.2, -0.15) is 0 Å². The lowest BCUT2D eigenvalue weighted by Gasteiger charge is -2.30. The molecule has 2 atom stereocenters. The van der Waals surface area contributed by atoms with Gasteiger partial charge in [-0.3, -0.25) is 0 Å². The molecule has 0 fully saturated rings. The van der Waals surface area contributed by atoms with Crippen LogP contribution >= 0.6 is 0 Å².